The van der Waals surface area contributed by atoms with E-state index in [9.17, 15) is 14.2 Å². The lowest BCUT2D eigenvalue weighted by molar-refractivity contribution is -0.201. The summed E-state index contributed by atoms with van der Waals surface area (Å²) < 4.78 is 47.9. The Morgan fingerprint density at radius 2 is 1.91 bits per heavy atom. The Morgan fingerprint density at radius 1 is 1.21 bits per heavy atom. The van der Waals surface area contributed by atoms with Gasteiger partial charge in [0, 0.05) is 0 Å². The van der Waals surface area contributed by atoms with Crippen molar-refractivity contribution in [1.82, 2.24) is 19.5 Å². The van der Waals surface area contributed by atoms with Crippen molar-refractivity contribution in [2.24, 2.45) is 0 Å². The maximum atomic E-state index is 12.6. The number of imidazole rings is 1. The predicted octanol–water partition coefficient (Wildman–Crippen LogP) is 1.35. The number of ether oxygens (including phenoxy) is 4. The van der Waals surface area contributed by atoms with Crippen LogP contribution in [0.4, 0.5) is 0 Å². The van der Waals surface area contributed by atoms with E-state index in [1.807, 2.05) is 0 Å². The van der Waals surface area contributed by atoms with Gasteiger partial charge in [-0.2, -0.15) is 0 Å². The number of nitrogens with zero attached hydrogens (tertiary/aromatic N) is 3. The zero-order valence-corrected chi connectivity index (χ0v) is 19.7. The van der Waals surface area contributed by atoms with E-state index in [1.54, 1.807) is 32.3 Å². The van der Waals surface area contributed by atoms with Gasteiger partial charge in [-0.25, -0.2) is 9.97 Å². The standard InChI is InChI=1S/C19H27N4O9P/c1-5-28-33(26,29-6-2)8-12(24)27-7-11-14-15(32-19(3,4)31-14)18(30-11)23-10-22-13-16(23)20-9-21-17(13)25/h9-11,14-15,18H,5-8H2,1-4H3,(H,20,21,25)/t11-,14-,15-,18-/m1/s1. The molecule has 2 aliphatic heterocycles. The first-order valence-electron chi connectivity index (χ1n) is 10.6. The molecule has 2 saturated heterocycles. The number of aromatic nitrogens is 4. The van der Waals surface area contributed by atoms with Crippen molar-refractivity contribution >= 4 is 24.7 Å². The molecule has 0 spiro atoms. The molecule has 0 aliphatic carbocycles. The van der Waals surface area contributed by atoms with Gasteiger partial charge in [-0.1, -0.05) is 0 Å². The van der Waals surface area contributed by atoms with Crippen LogP contribution >= 0.6 is 7.60 Å². The summed E-state index contributed by atoms with van der Waals surface area (Å²) in [7, 11) is -3.59. The molecule has 0 radical (unpaired) electrons. The molecule has 2 fully saturated rings. The summed E-state index contributed by atoms with van der Waals surface area (Å²) >= 11 is 0. The third kappa shape index (κ3) is 4.88. The number of rotatable bonds is 9. The predicted molar refractivity (Wildman–Crippen MR) is 113 cm³/mol. The molecule has 0 amide bonds. The molecule has 2 aromatic heterocycles. The first-order chi connectivity index (χ1) is 15.7. The van der Waals surface area contributed by atoms with Crippen LogP contribution in [0.1, 0.15) is 33.9 Å². The van der Waals surface area contributed by atoms with Gasteiger partial charge in [-0.05, 0) is 27.7 Å². The highest BCUT2D eigenvalue weighted by Crippen LogP contribution is 2.48. The minimum absolute atomic E-state index is 0.137. The molecule has 4 atom stereocenters. The van der Waals surface area contributed by atoms with Crippen molar-refractivity contribution in [2.45, 2.75) is 58.0 Å². The van der Waals surface area contributed by atoms with E-state index in [0.29, 0.717) is 5.65 Å². The van der Waals surface area contributed by atoms with Gasteiger partial charge in [0.2, 0.25) is 0 Å². The minimum Gasteiger partial charge on any atom is -0.462 e. The molecule has 0 saturated carbocycles. The van der Waals surface area contributed by atoms with Crippen LogP contribution in [0.5, 0.6) is 0 Å². The molecule has 2 aliphatic rings. The molecule has 4 rings (SSSR count). The fraction of sp³-hybridized carbons (Fsp3) is 0.684. The fourth-order valence-corrected chi connectivity index (χ4v) is 5.42. The fourth-order valence-electron chi connectivity index (χ4n) is 3.97. The number of carbonyl (C=O) groups is 1. The first-order valence-corrected chi connectivity index (χ1v) is 12.3. The molecule has 0 bridgehead atoms. The van der Waals surface area contributed by atoms with Gasteiger partial charge in [0.25, 0.3) is 5.56 Å². The zero-order chi connectivity index (χ0) is 23.8. The summed E-state index contributed by atoms with van der Waals surface area (Å²) in [5, 5.41) is 0. The van der Waals surface area contributed by atoms with E-state index in [2.05, 4.69) is 15.0 Å². The number of aromatic amines is 1. The molecule has 14 heteroatoms. The molecule has 0 aromatic carbocycles. The molecule has 1 N–H and O–H groups in total. The highest BCUT2D eigenvalue weighted by atomic mass is 31.2. The number of hydrogen-bond donors (Lipinski definition) is 1. The number of H-pyrrole nitrogens is 1. The Hall–Kier alpha value is -2.15. The maximum Gasteiger partial charge on any atom is 0.341 e. The summed E-state index contributed by atoms with van der Waals surface area (Å²) in [4.78, 5) is 35.2. The van der Waals surface area contributed by atoms with Gasteiger partial charge in [0.1, 0.15) is 31.1 Å². The molecule has 182 valence electrons. The molecule has 4 heterocycles. The smallest absolute Gasteiger partial charge is 0.341 e. The van der Waals surface area contributed by atoms with Gasteiger partial charge >= 0.3 is 13.6 Å². The van der Waals surface area contributed by atoms with E-state index < -0.39 is 50.1 Å². The maximum absolute atomic E-state index is 12.6. The van der Waals surface area contributed by atoms with Gasteiger partial charge in [-0.3, -0.25) is 18.7 Å². The Kier molecular flexibility index (Phi) is 6.72. The highest BCUT2D eigenvalue weighted by molar-refractivity contribution is 7.54. The number of carbonyl (C=O) groups excluding carboxylic acids is 1. The second kappa shape index (κ2) is 9.24. The van der Waals surface area contributed by atoms with Crippen molar-refractivity contribution in [3.8, 4) is 0 Å². The Balaban J connectivity index is 1.50. The Labute approximate surface area is 189 Å². The van der Waals surface area contributed by atoms with Crippen LogP contribution in [-0.4, -0.2) is 75.6 Å². The van der Waals surface area contributed by atoms with E-state index >= 15 is 0 Å². The van der Waals surface area contributed by atoms with Crippen LogP contribution in [0, 0.1) is 0 Å². The lowest BCUT2D eigenvalue weighted by Crippen LogP contribution is -2.34. The normalized spacial score (nSPS) is 26.5. The largest absolute Gasteiger partial charge is 0.462 e. The summed E-state index contributed by atoms with van der Waals surface area (Å²) in [6.45, 7) is 6.95. The third-order valence-electron chi connectivity index (χ3n) is 5.15. The summed E-state index contributed by atoms with van der Waals surface area (Å²) in [6, 6.07) is 0. The van der Waals surface area contributed by atoms with E-state index in [0.717, 1.165) is 0 Å². The molecule has 33 heavy (non-hydrogen) atoms. The quantitative estimate of drug-likeness (QED) is 0.403. The van der Waals surface area contributed by atoms with E-state index in [1.165, 1.54) is 12.7 Å². The van der Waals surface area contributed by atoms with Crippen LogP contribution in [0.3, 0.4) is 0 Å². The van der Waals surface area contributed by atoms with Gasteiger partial charge < -0.3 is 33.0 Å². The summed E-state index contributed by atoms with van der Waals surface area (Å²) in [6.07, 6.45) is -0.345. The third-order valence-corrected chi connectivity index (χ3v) is 7.10. The Morgan fingerprint density at radius 3 is 2.61 bits per heavy atom. The SMILES string of the molecule is CCOP(=O)(CC(=O)OC[C@H]1O[C@@H](n2cnc3c(=O)[nH]cnc32)[C@@H]2OC(C)(C)O[C@@H]21)OCC. The molecular formula is C19H27N4O9P. The van der Waals surface area contributed by atoms with Crippen molar-refractivity contribution in [2.75, 3.05) is 26.0 Å². The van der Waals surface area contributed by atoms with Gasteiger partial charge in [-0.15, -0.1) is 0 Å². The van der Waals surface area contributed by atoms with Gasteiger partial charge in [0.05, 0.1) is 25.9 Å². The first kappa shape index (κ1) is 24.0. The average Bonchev–Trinajstić information content (AvgIpc) is 3.38. The molecule has 13 nitrogen and oxygen atoms in total. The second-order valence-electron chi connectivity index (χ2n) is 7.97. The topological polar surface area (TPSA) is 153 Å². The number of hydrogen-bond acceptors (Lipinski definition) is 11. The van der Waals surface area contributed by atoms with Crippen LogP contribution in [0.15, 0.2) is 17.4 Å². The lowest BCUT2D eigenvalue weighted by Gasteiger charge is -2.24. The number of nitrogens with one attached hydrogen (secondary N) is 1. The number of esters is 1. The average molecular weight is 486 g/mol. The number of fused-ring (bicyclic) bond motifs is 2. The minimum atomic E-state index is -3.59. The molecule has 2 aromatic rings. The molecule has 0 unspecified atom stereocenters. The van der Waals surface area contributed by atoms with Crippen molar-refractivity contribution in [1.29, 1.82) is 0 Å². The van der Waals surface area contributed by atoms with Crippen molar-refractivity contribution in [3.63, 3.8) is 0 Å². The van der Waals surface area contributed by atoms with Crippen molar-refractivity contribution < 1.29 is 37.4 Å². The van der Waals surface area contributed by atoms with Crippen LogP contribution < -0.4 is 5.56 Å². The van der Waals surface area contributed by atoms with Gasteiger partial charge in [0.15, 0.2) is 23.2 Å². The van der Waals surface area contributed by atoms with E-state index in [-0.39, 0.29) is 30.9 Å². The lowest BCUT2D eigenvalue weighted by atomic mass is 10.1. The monoisotopic (exact) mass is 486 g/mol. The second-order valence-corrected chi connectivity index (χ2v) is 10.0. The molecular weight excluding hydrogens is 459 g/mol. The van der Waals surface area contributed by atoms with Crippen LogP contribution in [0.25, 0.3) is 11.2 Å². The van der Waals surface area contributed by atoms with E-state index in [4.69, 9.17) is 28.0 Å². The van der Waals surface area contributed by atoms with Crippen molar-refractivity contribution in [3.05, 3.63) is 23.0 Å². The van der Waals surface area contributed by atoms with Crippen LogP contribution in [-0.2, 0) is 37.4 Å². The summed E-state index contributed by atoms with van der Waals surface area (Å²) in [5.74, 6) is -1.65. The Bertz CT molecular complexity index is 1110. The zero-order valence-electron chi connectivity index (χ0n) is 18.8. The summed E-state index contributed by atoms with van der Waals surface area (Å²) in [5.41, 5.74) is 0.104. The van der Waals surface area contributed by atoms with Crippen LogP contribution in [0.2, 0.25) is 0 Å². The highest BCUT2D eigenvalue weighted by Gasteiger charge is 2.56.